The van der Waals surface area contributed by atoms with Gasteiger partial charge in [0.2, 0.25) is 0 Å². The first kappa shape index (κ1) is 13.1. The van der Waals surface area contributed by atoms with Crippen molar-refractivity contribution in [1.29, 1.82) is 0 Å². The molecule has 0 radical (unpaired) electrons. The average Bonchev–Trinajstić information content (AvgIpc) is 2.68. The van der Waals surface area contributed by atoms with Gasteiger partial charge in [-0.15, -0.1) is 0 Å². The Bertz CT molecular complexity index is 538. The molecule has 2 aliphatic rings. The Kier molecular flexibility index (Phi) is 3.39. The molecule has 0 amide bonds. The highest BCUT2D eigenvalue weighted by Crippen LogP contribution is 2.32. The van der Waals surface area contributed by atoms with Crippen LogP contribution in [-0.2, 0) is 16.3 Å². The molecule has 1 aromatic rings. The van der Waals surface area contributed by atoms with Gasteiger partial charge in [0.05, 0.1) is 4.90 Å². The van der Waals surface area contributed by atoms with Crippen molar-refractivity contribution in [2.75, 3.05) is 6.26 Å². The summed E-state index contributed by atoms with van der Waals surface area (Å²) in [5.41, 5.74) is 1.26. The fraction of sp³-hybridized carbons (Fsp3) is 0.600. The van der Waals surface area contributed by atoms with Crippen LogP contribution in [0.15, 0.2) is 29.2 Å². The molecular weight excluding hydrogens is 258 g/mol. The Morgan fingerprint density at radius 3 is 2.21 bits per heavy atom. The Labute approximate surface area is 115 Å². The van der Waals surface area contributed by atoms with Crippen LogP contribution in [-0.4, -0.2) is 26.8 Å². The maximum absolute atomic E-state index is 11.4. The normalized spacial score (nSPS) is 30.5. The lowest BCUT2D eigenvalue weighted by molar-refractivity contribution is 0.298. The molecule has 2 heterocycles. The molecule has 3 nitrogen and oxygen atoms in total. The van der Waals surface area contributed by atoms with Gasteiger partial charge in [-0.1, -0.05) is 12.1 Å². The molecule has 2 saturated heterocycles. The molecule has 0 aliphatic carbocycles. The van der Waals surface area contributed by atoms with E-state index in [4.69, 9.17) is 0 Å². The van der Waals surface area contributed by atoms with Gasteiger partial charge in [-0.2, -0.15) is 0 Å². The monoisotopic (exact) mass is 279 g/mol. The van der Waals surface area contributed by atoms with E-state index < -0.39 is 9.84 Å². The summed E-state index contributed by atoms with van der Waals surface area (Å²) in [6.45, 7) is 0. The predicted octanol–water partition coefficient (Wildman–Crippen LogP) is 2.16. The highest BCUT2D eigenvalue weighted by atomic mass is 32.2. The van der Waals surface area contributed by atoms with Crippen molar-refractivity contribution in [3.63, 3.8) is 0 Å². The zero-order valence-electron chi connectivity index (χ0n) is 11.3. The largest absolute Gasteiger partial charge is 0.311 e. The smallest absolute Gasteiger partial charge is 0.175 e. The van der Waals surface area contributed by atoms with Crippen LogP contribution in [0, 0.1) is 5.92 Å². The fourth-order valence-electron chi connectivity index (χ4n) is 3.55. The van der Waals surface area contributed by atoms with Gasteiger partial charge < -0.3 is 5.32 Å². The highest BCUT2D eigenvalue weighted by Gasteiger charge is 2.33. The van der Waals surface area contributed by atoms with Crippen LogP contribution in [0.4, 0.5) is 0 Å². The molecule has 1 aromatic carbocycles. The Morgan fingerprint density at radius 2 is 1.68 bits per heavy atom. The third-order valence-corrected chi connectivity index (χ3v) is 5.58. The Hall–Kier alpha value is -0.870. The molecule has 2 bridgehead atoms. The van der Waals surface area contributed by atoms with Crippen LogP contribution in [0.5, 0.6) is 0 Å². The second kappa shape index (κ2) is 4.91. The van der Waals surface area contributed by atoms with Crippen LogP contribution >= 0.6 is 0 Å². The molecule has 3 rings (SSSR count). The summed E-state index contributed by atoms with van der Waals surface area (Å²) < 4.78 is 22.8. The number of fused-ring (bicyclic) bond motifs is 2. The van der Waals surface area contributed by atoms with E-state index in [1.165, 1.54) is 37.5 Å². The summed E-state index contributed by atoms with van der Waals surface area (Å²) in [4.78, 5) is 0.418. The lowest BCUT2D eigenvalue weighted by Gasteiger charge is -2.29. The minimum absolute atomic E-state index is 0.418. The van der Waals surface area contributed by atoms with E-state index in [2.05, 4.69) is 5.32 Å². The highest BCUT2D eigenvalue weighted by molar-refractivity contribution is 7.90. The van der Waals surface area contributed by atoms with Crippen molar-refractivity contribution >= 4 is 9.84 Å². The van der Waals surface area contributed by atoms with Crippen LogP contribution in [0.25, 0.3) is 0 Å². The number of hydrogen-bond acceptors (Lipinski definition) is 3. The number of hydrogen-bond donors (Lipinski definition) is 1. The van der Waals surface area contributed by atoms with Crippen molar-refractivity contribution in [1.82, 2.24) is 5.32 Å². The zero-order chi connectivity index (χ0) is 13.5. The minimum Gasteiger partial charge on any atom is -0.311 e. The minimum atomic E-state index is -3.07. The van der Waals surface area contributed by atoms with Crippen molar-refractivity contribution in [2.45, 2.75) is 49.1 Å². The standard InChI is InChI=1S/C15H21NO2S/c1-19(17,18)15-6-2-11(3-7-15)8-12-9-13-4-5-14(10-12)16-13/h2-3,6-7,12-14,16H,4-5,8-10H2,1H3. The van der Waals surface area contributed by atoms with E-state index in [0.29, 0.717) is 4.90 Å². The summed E-state index contributed by atoms with van der Waals surface area (Å²) in [6.07, 6.45) is 7.53. The van der Waals surface area contributed by atoms with Gasteiger partial charge in [0.25, 0.3) is 0 Å². The predicted molar refractivity (Wildman–Crippen MR) is 75.9 cm³/mol. The average molecular weight is 279 g/mol. The summed E-state index contributed by atoms with van der Waals surface area (Å²) in [6, 6.07) is 8.86. The molecule has 1 N–H and O–H groups in total. The summed E-state index contributed by atoms with van der Waals surface area (Å²) in [7, 11) is -3.07. The Balaban J connectivity index is 1.67. The summed E-state index contributed by atoms with van der Waals surface area (Å²) >= 11 is 0. The van der Waals surface area contributed by atoms with Crippen LogP contribution in [0.1, 0.15) is 31.2 Å². The van der Waals surface area contributed by atoms with Crippen LogP contribution in [0.2, 0.25) is 0 Å². The third-order valence-electron chi connectivity index (χ3n) is 4.45. The van der Waals surface area contributed by atoms with E-state index >= 15 is 0 Å². The molecule has 2 aliphatic heterocycles. The van der Waals surface area contributed by atoms with Crippen molar-refractivity contribution in [2.24, 2.45) is 5.92 Å². The molecule has 2 fully saturated rings. The van der Waals surface area contributed by atoms with Gasteiger partial charge in [-0.3, -0.25) is 0 Å². The van der Waals surface area contributed by atoms with Gasteiger partial charge in [-0.25, -0.2) is 8.42 Å². The van der Waals surface area contributed by atoms with E-state index in [1.807, 2.05) is 12.1 Å². The van der Waals surface area contributed by atoms with Gasteiger partial charge in [0.15, 0.2) is 9.84 Å². The van der Waals surface area contributed by atoms with Gasteiger partial charge >= 0.3 is 0 Å². The van der Waals surface area contributed by atoms with Crippen LogP contribution < -0.4 is 5.32 Å². The number of benzene rings is 1. The second-order valence-corrected chi connectivity index (χ2v) is 8.11. The first-order valence-electron chi connectivity index (χ1n) is 7.06. The van der Waals surface area contributed by atoms with Crippen molar-refractivity contribution in [3.05, 3.63) is 29.8 Å². The Morgan fingerprint density at radius 1 is 1.11 bits per heavy atom. The van der Waals surface area contributed by atoms with Gasteiger partial charge in [0, 0.05) is 18.3 Å². The number of sulfone groups is 1. The van der Waals surface area contributed by atoms with Crippen molar-refractivity contribution < 1.29 is 8.42 Å². The van der Waals surface area contributed by atoms with Crippen LogP contribution in [0.3, 0.4) is 0 Å². The SMILES string of the molecule is CS(=O)(=O)c1ccc(CC2CC3CCC(C2)N3)cc1. The maximum Gasteiger partial charge on any atom is 0.175 e. The second-order valence-electron chi connectivity index (χ2n) is 6.10. The van der Waals surface area contributed by atoms with E-state index in [1.54, 1.807) is 12.1 Å². The lowest BCUT2D eigenvalue weighted by atomic mass is 9.87. The van der Waals surface area contributed by atoms with Gasteiger partial charge in [0.1, 0.15) is 0 Å². The van der Waals surface area contributed by atoms with E-state index in [9.17, 15) is 8.42 Å². The number of rotatable bonds is 3. The van der Waals surface area contributed by atoms with Gasteiger partial charge in [-0.05, 0) is 55.7 Å². The molecule has 2 unspecified atom stereocenters. The van der Waals surface area contributed by atoms with E-state index in [-0.39, 0.29) is 0 Å². The molecular formula is C15H21NO2S. The molecule has 4 heteroatoms. The molecule has 2 atom stereocenters. The molecule has 0 spiro atoms. The first-order valence-corrected chi connectivity index (χ1v) is 8.95. The molecule has 0 aromatic heterocycles. The first-order chi connectivity index (χ1) is 9.00. The quantitative estimate of drug-likeness (QED) is 0.922. The third kappa shape index (κ3) is 3.00. The summed E-state index contributed by atoms with van der Waals surface area (Å²) in [5.74, 6) is 0.753. The molecule has 104 valence electrons. The van der Waals surface area contributed by atoms with E-state index in [0.717, 1.165) is 24.4 Å². The fourth-order valence-corrected chi connectivity index (χ4v) is 4.18. The lowest BCUT2D eigenvalue weighted by Crippen LogP contribution is -2.38. The molecule has 19 heavy (non-hydrogen) atoms. The molecule has 0 saturated carbocycles. The summed E-state index contributed by atoms with van der Waals surface area (Å²) in [5, 5.41) is 3.66. The number of nitrogens with one attached hydrogen (secondary N) is 1. The topological polar surface area (TPSA) is 46.2 Å². The maximum atomic E-state index is 11.4. The zero-order valence-corrected chi connectivity index (χ0v) is 12.1. The number of piperidine rings is 1. The van der Waals surface area contributed by atoms with Crippen molar-refractivity contribution in [3.8, 4) is 0 Å².